The number of nitrogens with zero attached hydrogens (tertiary/aromatic N) is 3. The molecule has 1 aliphatic heterocycles. The molecule has 24 heavy (non-hydrogen) atoms. The minimum atomic E-state index is 0.00203. The predicted molar refractivity (Wildman–Crippen MR) is 99.3 cm³/mol. The summed E-state index contributed by atoms with van der Waals surface area (Å²) in [5.74, 6) is 1.15. The number of nitrogens with one attached hydrogen (secondary N) is 1. The Morgan fingerprint density at radius 1 is 1.17 bits per heavy atom. The van der Waals surface area contributed by atoms with Crippen molar-refractivity contribution in [2.24, 2.45) is 0 Å². The Hall–Kier alpha value is -2.08. The summed E-state index contributed by atoms with van der Waals surface area (Å²) in [5.41, 5.74) is 2.88. The number of thioether (sulfide) groups is 1. The second kappa shape index (κ2) is 8.68. The zero-order valence-electron chi connectivity index (χ0n) is 13.6. The van der Waals surface area contributed by atoms with Crippen LogP contribution in [0.4, 0.5) is 11.4 Å². The zero-order chi connectivity index (χ0) is 16.6. The first-order valence-corrected chi connectivity index (χ1v) is 9.45. The summed E-state index contributed by atoms with van der Waals surface area (Å²) >= 11 is 1.57. The van der Waals surface area contributed by atoms with E-state index in [9.17, 15) is 4.79 Å². The normalized spacial score (nSPS) is 14.4. The van der Waals surface area contributed by atoms with E-state index in [1.54, 1.807) is 30.4 Å². The summed E-state index contributed by atoms with van der Waals surface area (Å²) in [6, 6.07) is 7.82. The standard InChI is InChI=1S/C18H22N4OS/c23-18(14-24-13-15-6-2-3-8-20-15)21-16-12-19-9-7-17(16)22-10-4-1-5-11-22/h2-3,6-9,12H,1,4-5,10-11,13-14H2,(H,21,23). The van der Waals surface area contributed by atoms with E-state index in [-0.39, 0.29) is 5.91 Å². The number of amides is 1. The molecule has 1 amide bonds. The highest BCUT2D eigenvalue weighted by molar-refractivity contribution is 7.99. The molecule has 2 aromatic heterocycles. The van der Waals surface area contributed by atoms with Gasteiger partial charge in [-0.3, -0.25) is 14.8 Å². The van der Waals surface area contributed by atoms with E-state index in [1.807, 2.05) is 24.3 Å². The zero-order valence-corrected chi connectivity index (χ0v) is 14.5. The fourth-order valence-corrected chi connectivity index (χ4v) is 3.55. The highest BCUT2D eigenvalue weighted by Crippen LogP contribution is 2.27. The monoisotopic (exact) mass is 342 g/mol. The van der Waals surface area contributed by atoms with Crippen LogP contribution in [0.25, 0.3) is 0 Å². The lowest BCUT2D eigenvalue weighted by atomic mass is 10.1. The van der Waals surface area contributed by atoms with Crippen molar-refractivity contribution < 1.29 is 4.79 Å². The van der Waals surface area contributed by atoms with Crippen LogP contribution < -0.4 is 10.2 Å². The summed E-state index contributed by atoms with van der Waals surface area (Å²) in [7, 11) is 0. The molecule has 1 fully saturated rings. The topological polar surface area (TPSA) is 58.1 Å². The van der Waals surface area contributed by atoms with Gasteiger partial charge in [0.15, 0.2) is 0 Å². The van der Waals surface area contributed by atoms with Gasteiger partial charge in [-0.15, -0.1) is 11.8 Å². The SMILES string of the molecule is O=C(CSCc1ccccn1)Nc1cnccc1N1CCCCC1. The molecule has 1 aliphatic rings. The second-order valence-corrected chi connectivity index (χ2v) is 6.79. The second-order valence-electron chi connectivity index (χ2n) is 5.80. The van der Waals surface area contributed by atoms with Crippen LogP contribution in [-0.4, -0.2) is 34.7 Å². The van der Waals surface area contributed by atoms with Crippen LogP contribution in [0.3, 0.4) is 0 Å². The molecule has 0 saturated carbocycles. The third-order valence-corrected chi connectivity index (χ3v) is 4.94. The molecule has 3 rings (SSSR count). The average Bonchev–Trinajstić information content (AvgIpc) is 2.64. The lowest BCUT2D eigenvalue weighted by Crippen LogP contribution is -2.30. The van der Waals surface area contributed by atoms with Gasteiger partial charge in [0.1, 0.15) is 0 Å². The first-order chi connectivity index (χ1) is 11.8. The molecule has 0 spiro atoms. The van der Waals surface area contributed by atoms with Gasteiger partial charge >= 0.3 is 0 Å². The molecule has 6 heteroatoms. The number of hydrogen-bond donors (Lipinski definition) is 1. The van der Waals surface area contributed by atoms with Crippen molar-refractivity contribution in [3.8, 4) is 0 Å². The van der Waals surface area contributed by atoms with Crippen LogP contribution in [0.1, 0.15) is 25.0 Å². The molecule has 0 aromatic carbocycles. The molecule has 1 saturated heterocycles. The summed E-state index contributed by atoms with van der Waals surface area (Å²) in [5, 5.41) is 3.01. The van der Waals surface area contributed by atoms with E-state index >= 15 is 0 Å². The molecule has 2 aromatic rings. The number of aromatic nitrogens is 2. The van der Waals surface area contributed by atoms with Crippen molar-refractivity contribution in [2.75, 3.05) is 29.1 Å². The van der Waals surface area contributed by atoms with Crippen LogP contribution in [0.5, 0.6) is 0 Å². The summed E-state index contributed by atoms with van der Waals surface area (Å²) in [4.78, 5) is 23.0. The predicted octanol–water partition coefficient (Wildman–Crippen LogP) is 3.34. The Morgan fingerprint density at radius 3 is 2.83 bits per heavy atom. The van der Waals surface area contributed by atoms with E-state index in [4.69, 9.17) is 0 Å². The van der Waals surface area contributed by atoms with Gasteiger partial charge in [-0.1, -0.05) is 6.07 Å². The van der Waals surface area contributed by atoms with Gasteiger partial charge in [0, 0.05) is 31.2 Å². The number of rotatable bonds is 6. The van der Waals surface area contributed by atoms with Crippen LogP contribution in [0.15, 0.2) is 42.9 Å². The maximum Gasteiger partial charge on any atom is 0.234 e. The Balaban J connectivity index is 1.54. The Kier molecular flexibility index (Phi) is 6.07. The quantitative estimate of drug-likeness (QED) is 0.872. The Morgan fingerprint density at radius 2 is 2.04 bits per heavy atom. The van der Waals surface area contributed by atoms with Crippen molar-refractivity contribution in [1.29, 1.82) is 0 Å². The van der Waals surface area contributed by atoms with Crippen molar-refractivity contribution >= 4 is 29.0 Å². The van der Waals surface area contributed by atoms with Gasteiger partial charge in [-0.2, -0.15) is 0 Å². The lowest BCUT2D eigenvalue weighted by molar-refractivity contribution is -0.113. The number of piperidine rings is 1. The summed E-state index contributed by atoms with van der Waals surface area (Å²) in [6.45, 7) is 2.09. The molecule has 3 heterocycles. The minimum Gasteiger partial charge on any atom is -0.370 e. The summed E-state index contributed by atoms with van der Waals surface area (Å²) < 4.78 is 0. The molecule has 0 aliphatic carbocycles. The first-order valence-electron chi connectivity index (χ1n) is 8.29. The largest absolute Gasteiger partial charge is 0.370 e. The fourth-order valence-electron chi connectivity index (χ4n) is 2.81. The molecule has 0 radical (unpaired) electrons. The van der Waals surface area contributed by atoms with E-state index in [2.05, 4.69) is 20.2 Å². The maximum absolute atomic E-state index is 12.2. The number of anilines is 2. The highest BCUT2D eigenvalue weighted by atomic mass is 32.2. The van der Waals surface area contributed by atoms with Gasteiger partial charge in [0.2, 0.25) is 5.91 Å². The van der Waals surface area contributed by atoms with Crippen molar-refractivity contribution in [3.63, 3.8) is 0 Å². The molecule has 5 nitrogen and oxygen atoms in total. The number of hydrogen-bond acceptors (Lipinski definition) is 5. The number of carbonyl (C=O) groups excluding carboxylic acids is 1. The van der Waals surface area contributed by atoms with Crippen molar-refractivity contribution in [1.82, 2.24) is 9.97 Å². The van der Waals surface area contributed by atoms with Gasteiger partial charge in [-0.25, -0.2) is 0 Å². The third kappa shape index (κ3) is 4.71. The molecule has 0 unspecified atom stereocenters. The first kappa shape index (κ1) is 16.8. The average molecular weight is 342 g/mol. The Bertz CT molecular complexity index is 659. The van der Waals surface area contributed by atoms with Crippen LogP contribution in [0, 0.1) is 0 Å². The lowest BCUT2D eigenvalue weighted by Gasteiger charge is -2.30. The van der Waals surface area contributed by atoms with E-state index in [0.717, 1.165) is 35.9 Å². The van der Waals surface area contributed by atoms with Gasteiger partial charge < -0.3 is 10.2 Å². The minimum absolute atomic E-state index is 0.00203. The van der Waals surface area contributed by atoms with Crippen LogP contribution in [0.2, 0.25) is 0 Å². The fraction of sp³-hybridized carbons (Fsp3) is 0.389. The Labute approximate surface area is 146 Å². The van der Waals surface area contributed by atoms with Crippen LogP contribution >= 0.6 is 11.8 Å². The molecular weight excluding hydrogens is 320 g/mol. The highest BCUT2D eigenvalue weighted by Gasteiger charge is 2.15. The van der Waals surface area contributed by atoms with E-state index in [0.29, 0.717) is 5.75 Å². The van der Waals surface area contributed by atoms with Gasteiger partial charge in [0.25, 0.3) is 0 Å². The van der Waals surface area contributed by atoms with E-state index in [1.165, 1.54) is 19.3 Å². The molecule has 0 bridgehead atoms. The molecule has 1 N–H and O–H groups in total. The van der Waals surface area contributed by atoms with Gasteiger partial charge in [-0.05, 0) is 37.5 Å². The van der Waals surface area contributed by atoms with Gasteiger partial charge in [0.05, 0.1) is 29.0 Å². The van der Waals surface area contributed by atoms with Crippen molar-refractivity contribution in [3.05, 3.63) is 48.5 Å². The molecule has 126 valence electrons. The van der Waals surface area contributed by atoms with Crippen molar-refractivity contribution in [2.45, 2.75) is 25.0 Å². The summed E-state index contributed by atoms with van der Waals surface area (Å²) in [6.07, 6.45) is 9.00. The third-order valence-electron chi connectivity index (χ3n) is 3.98. The maximum atomic E-state index is 12.2. The smallest absolute Gasteiger partial charge is 0.234 e. The van der Waals surface area contributed by atoms with Crippen LogP contribution in [-0.2, 0) is 10.5 Å². The molecular formula is C18H22N4OS. The van der Waals surface area contributed by atoms with E-state index < -0.39 is 0 Å². The number of carbonyl (C=O) groups is 1. The molecule has 0 atom stereocenters. The number of pyridine rings is 2.